The summed E-state index contributed by atoms with van der Waals surface area (Å²) in [5, 5.41) is 0.609. The number of alkyl halides is 4. The molecule has 0 spiro atoms. The van der Waals surface area contributed by atoms with Gasteiger partial charge in [0, 0.05) is 9.80 Å². The molecule has 0 heterocycles. The van der Waals surface area contributed by atoms with E-state index in [0.717, 1.165) is 10.0 Å². The molecule has 1 unspecified atom stereocenters. The highest BCUT2D eigenvalue weighted by atomic mass is 79.9. The molecule has 18 heavy (non-hydrogen) atoms. The standard InChI is InChI=1S/C12H13Br2F3O/c13-6-10(7-18-8-12(15,16)17)4-9-2-1-3-11(14)5-9/h1-3,5,10H,4,6-8H2. The molecule has 1 atom stereocenters. The van der Waals surface area contributed by atoms with E-state index in [1.807, 2.05) is 24.3 Å². The number of halogens is 5. The van der Waals surface area contributed by atoms with Crippen molar-refractivity contribution >= 4 is 31.9 Å². The average molecular weight is 390 g/mol. The van der Waals surface area contributed by atoms with E-state index in [1.165, 1.54) is 0 Å². The van der Waals surface area contributed by atoms with Gasteiger partial charge in [0.25, 0.3) is 0 Å². The maximum Gasteiger partial charge on any atom is 0.411 e. The monoisotopic (exact) mass is 388 g/mol. The second-order valence-electron chi connectivity index (χ2n) is 3.98. The third-order valence-corrected chi connectivity index (χ3v) is 3.66. The van der Waals surface area contributed by atoms with Gasteiger partial charge in [-0.2, -0.15) is 13.2 Å². The number of benzene rings is 1. The predicted octanol–water partition coefficient (Wildman–Crippen LogP) is 4.58. The molecule has 0 radical (unpaired) electrons. The highest BCUT2D eigenvalue weighted by Gasteiger charge is 2.27. The van der Waals surface area contributed by atoms with Crippen LogP contribution in [0.5, 0.6) is 0 Å². The third-order valence-electron chi connectivity index (χ3n) is 2.25. The first-order valence-corrected chi connectivity index (χ1v) is 7.27. The Morgan fingerprint density at radius 1 is 1.28 bits per heavy atom. The van der Waals surface area contributed by atoms with Gasteiger partial charge < -0.3 is 4.74 Å². The van der Waals surface area contributed by atoms with Gasteiger partial charge in [-0.15, -0.1) is 0 Å². The molecule has 0 aliphatic heterocycles. The summed E-state index contributed by atoms with van der Waals surface area (Å²) in [6.07, 6.45) is -3.57. The molecule has 0 saturated carbocycles. The third kappa shape index (κ3) is 6.75. The molecular weight excluding hydrogens is 377 g/mol. The normalized spacial score (nSPS) is 13.6. The summed E-state index contributed by atoms with van der Waals surface area (Å²) in [5.41, 5.74) is 1.07. The molecule has 0 fully saturated rings. The molecule has 1 nitrogen and oxygen atoms in total. The summed E-state index contributed by atoms with van der Waals surface area (Å²) in [7, 11) is 0. The van der Waals surface area contributed by atoms with E-state index in [1.54, 1.807) is 0 Å². The molecule has 0 aliphatic rings. The van der Waals surface area contributed by atoms with Crippen molar-refractivity contribution in [1.82, 2.24) is 0 Å². The quantitative estimate of drug-likeness (QED) is 0.647. The molecule has 1 aromatic carbocycles. The summed E-state index contributed by atoms with van der Waals surface area (Å²) in [6.45, 7) is -1.09. The van der Waals surface area contributed by atoms with Crippen molar-refractivity contribution < 1.29 is 17.9 Å². The van der Waals surface area contributed by atoms with Gasteiger partial charge in [-0.1, -0.05) is 44.0 Å². The van der Waals surface area contributed by atoms with Crippen LogP contribution in [0.1, 0.15) is 5.56 Å². The van der Waals surface area contributed by atoms with Crippen LogP contribution in [0.15, 0.2) is 28.7 Å². The highest BCUT2D eigenvalue weighted by molar-refractivity contribution is 9.10. The second kappa shape index (κ2) is 7.50. The van der Waals surface area contributed by atoms with E-state index >= 15 is 0 Å². The van der Waals surface area contributed by atoms with Crippen molar-refractivity contribution in [1.29, 1.82) is 0 Å². The Morgan fingerprint density at radius 2 is 2.00 bits per heavy atom. The van der Waals surface area contributed by atoms with Crippen molar-refractivity contribution in [3.63, 3.8) is 0 Å². The van der Waals surface area contributed by atoms with Crippen molar-refractivity contribution in [3.05, 3.63) is 34.3 Å². The van der Waals surface area contributed by atoms with E-state index in [9.17, 15) is 13.2 Å². The molecule has 6 heteroatoms. The smallest absolute Gasteiger partial charge is 0.372 e. The predicted molar refractivity (Wildman–Crippen MR) is 72.0 cm³/mol. The van der Waals surface area contributed by atoms with E-state index in [4.69, 9.17) is 0 Å². The fourth-order valence-corrected chi connectivity index (χ4v) is 2.36. The molecule has 1 rings (SSSR count). The Balaban J connectivity index is 2.42. The van der Waals surface area contributed by atoms with Gasteiger partial charge in [0.15, 0.2) is 0 Å². The van der Waals surface area contributed by atoms with Crippen LogP contribution in [0.25, 0.3) is 0 Å². The molecule has 102 valence electrons. The van der Waals surface area contributed by atoms with E-state index in [2.05, 4.69) is 36.6 Å². The minimum Gasteiger partial charge on any atom is -0.372 e. The van der Waals surface area contributed by atoms with Crippen LogP contribution >= 0.6 is 31.9 Å². The van der Waals surface area contributed by atoms with Crippen molar-refractivity contribution in [2.24, 2.45) is 5.92 Å². The number of hydrogen-bond acceptors (Lipinski definition) is 1. The fraction of sp³-hybridized carbons (Fsp3) is 0.500. The van der Waals surface area contributed by atoms with Crippen molar-refractivity contribution in [2.45, 2.75) is 12.6 Å². The molecule has 0 bridgehead atoms. The molecule has 0 aliphatic carbocycles. The maximum atomic E-state index is 11.9. The molecule has 0 amide bonds. The lowest BCUT2D eigenvalue weighted by atomic mass is 10.0. The highest BCUT2D eigenvalue weighted by Crippen LogP contribution is 2.19. The lowest BCUT2D eigenvalue weighted by Gasteiger charge is -2.15. The maximum absolute atomic E-state index is 11.9. The zero-order valence-electron chi connectivity index (χ0n) is 9.51. The van der Waals surface area contributed by atoms with Crippen LogP contribution in [0.4, 0.5) is 13.2 Å². The van der Waals surface area contributed by atoms with Gasteiger partial charge >= 0.3 is 6.18 Å². The molecule has 0 aromatic heterocycles. The lowest BCUT2D eigenvalue weighted by molar-refractivity contribution is -0.176. The first-order chi connectivity index (χ1) is 8.40. The van der Waals surface area contributed by atoms with E-state index in [-0.39, 0.29) is 12.5 Å². The first kappa shape index (κ1) is 16.0. The molecular formula is C12H13Br2F3O. The van der Waals surface area contributed by atoms with Gasteiger partial charge in [-0.05, 0) is 30.0 Å². The molecule has 0 N–H and O–H groups in total. The first-order valence-electron chi connectivity index (χ1n) is 5.35. The topological polar surface area (TPSA) is 9.23 Å². The Morgan fingerprint density at radius 3 is 2.56 bits per heavy atom. The lowest BCUT2D eigenvalue weighted by Crippen LogP contribution is -2.22. The van der Waals surface area contributed by atoms with Crippen LogP contribution in [0, 0.1) is 5.92 Å². The van der Waals surface area contributed by atoms with Gasteiger partial charge in [-0.3, -0.25) is 0 Å². The van der Waals surface area contributed by atoms with Gasteiger partial charge in [0.05, 0.1) is 6.61 Å². The Kier molecular flexibility index (Phi) is 6.66. The zero-order valence-corrected chi connectivity index (χ0v) is 12.7. The van der Waals surface area contributed by atoms with Gasteiger partial charge in [-0.25, -0.2) is 0 Å². The minimum absolute atomic E-state index is 0.0293. The summed E-state index contributed by atoms with van der Waals surface area (Å²) < 4.78 is 41.5. The van der Waals surface area contributed by atoms with Gasteiger partial charge in [0.2, 0.25) is 0 Å². The van der Waals surface area contributed by atoms with Crippen molar-refractivity contribution in [2.75, 3.05) is 18.5 Å². The average Bonchev–Trinajstić information content (AvgIpc) is 2.26. The SMILES string of the molecule is FC(F)(F)COCC(CBr)Cc1cccc(Br)c1. The van der Waals surface area contributed by atoms with Crippen LogP contribution in [0.3, 0.4) is 0 Å². The van der Waals surface area contributed by atoms with Gasteiger partial charge in [0.1, 0.15) is 6.61 Å². The molecule has 0 saturated heterocycles. The largest absolute Gasteiger partial charge is 0.411 e. The number of rotatable bonds is 6. The van der Waals surface area contributed by atoms with E-state index < -0.39 is 12.8 Å². The van der Waals surface area contributed by atoms with E-state index in [0.29, 0.717) is 11.8 Å². The Labute approximate surface area is 121 Å². The van der Waals surface area contributed by atoms with Crippen molar-refractivity contribution in [3.8, 4) is 0 Å². The summed E-state index contributed by atoms with van der Waals surface area (Å²) in [4.78, 5) is 0. The van der Waals surface area contributed by atoms with Crippen LogP contribution in [-0.4, -0.2) is 24.7 Å². The summed E-state index contributed by atoms with van der Waals surface area (Å²) in [6, 6.07) is 7.72. The minimum atomic E-state index is -4.26. The summed E-state index contributed by atoms with van der Waals surface area (Å²) >= 11 is 6.66. The summed E-state index contributed by atoms with van der Waals surface area (Å²) in [5.74, 6) is 0.0293. The number of hydrogen-bond donors (Lipinski definition) is 0. The Bertz CT molecular complexity index is 369. The second-order valence-corrected chi connectivity index (χ2v) is 5.55. The van der Waals surface area contributed by atoms with Crippen LogP contribution in [0.2, 0.25) is 0 Å². The molecule has 1 aromatic rings. The van der Waals surface area contributed by atoms with Crippen LogP contribution in [-0.2, 0) is 11.2 Å². The Hall–Kier alpha value is -0.0700. The van der Waals surface area contributed by atoms with Crippen LogP contribution < -0.4 is 0 Å². The fourth-order valence-electron chi connectivity index (χ4n) is 1.50. The number of ether oxygens (including phenoxy) is 1. The zero-order chi connectivity index (χ0) is 13.6.